The minimum absolute atomic E-state index is 0.0233. The van der Waals surface area contributed by atoms with Crippen LogP contribution < -0.4 is 5.32 Å². The minimum atomic E-state index is -0.0233. The molecule has 2 heterocycles. The highest BCUT2D eigenvalue weighted by Gasteiger charge is 2.15. The zero-order chi connectivity index (χ0) is 18.4. The molecule has 1 amide bonds. The van der Waals surface area contributed by atoms with Crippen LogP contribution in [-0.4, -0.2) is 25.2 Å². The first-order valence-electron chi connectivity index (χ1n) is 8.94. The van der Waals surface area contributed by atoms with E-state index in [9.17, 15) is 4.79 Å². The van der Waals surface area contributed by atoms with Crippen molar-refractivity contribution in [3.05, 3.63) is 72.1 Å². The van der Waals surface area contributed by atoms with Crippen molar-refractivity contribution in [3.63, 3.8) is 0 Å². The predicted molar refractivity (Wildman–Crippen MR) is 100 cm³/mol. The van der Waals surface area contributed by atoms with E-state index in [4.69, 9.17) is 0 Å². The number of benzene rings is 1. The number of amides is 1. The van der Waals surface area contributed by atoms with E-state index >= 15 is 0 Å². The number of carbonyl (C=O) groups is 1. The largest absolute Gasteiger partial charge is 0.349 e. The molecule has 6 nitrogen and oxygen atoms in total. The zero-order valence-corrected chi connectivity index (χ0v) is 15.3. The third-order valence-electron chi connectivity index (χ3n) is 4.46. The fourth-order valence-corrected chi connectivity index (χ4v) is 2.99. The molecule has 6 heteroatoms. The van der Waals surface area contributed by atoms with Crippen molar-refractivity contribution in [1.82, 2.24) is 24.6 Å². The number of nitrogens with zero attached hydrogens (tertiary/aromatic N) is 4. The van der Waals surface area contributed by atoms with Crippen LogP contribution in [0.25, 0.3) is 0 Å². The molecule has 3 aromatic rings. The molecule has 0 radical (unpaired) electrons. The van der Waals surface area contributed by atoms with E-state index in [0.717, 1.165) is 30.0 Å². The van der Waals surface area contributed by atoms with E-state index in [1.54, 1.807) is 10.9 Å². The first-order valence-corrected chi connectivity index (χ1v) is 8.94. The zero-order valence-electron chi connectivity index (χ0n) is 15.3. The van der Waals surface area contributed by atoms with Gasteiger partial charge in [0.2, 0.25) is 5.91 Å². The molecule has 3 rings (SSSR count). The van der Waals surface area contributed by atoms with Crippen LogP contribution in [-0.2, 0) is 17.9 Å². The van der Waals surface area contributed by atoms with Gasteiger partial charge in [-0.3, -0.25) is 9.48 Å². The molecular formula is C20H25N5O. The Morgan fingerprint density at radius 1 is 1.12 bits per heavy atom. The van der Waals surface area contributed by atoms with Gasteiger partial charge in [0.25, 0.3) is 0 Å². The van der Waals surface area contributed by atoms with Crippen molar-refractivity contribution in [1.29, 1.82) is 0 Å². The number of aryl methyl sites for hydroxylation is 4. The molecule has 0 aliphatic rings. The summed E-state index contributed by atoms with van der Waals surface area (Å²) < 4.78 is 3.91. The van der Waals surface area contributed by atoms with E-state index in [1.807, 2.05) is 50.5 Å². The lowest BCUT2D eigenvalue weighted by Gasteiger charge is -2.20. The van der Waals surface area contributed by atoms with Crippen molar-refractivity contribution < 1.29 is 4.79 Å². The average Bonchev–Trinajstić information content (AvgIpc) is 3.25. The lowest BCUT2D eigenvalue weighted by Crippen LogP contribution is -2.30. The van der Waals surface area contributed by atoms with Crippen LogP contribution in [0.1, 0.15) is 36.0 Å². The quantitative estimate of drug-likeness (QED) is 0.678. The van der Waals surface area contributed by atoms with Crippen LogP contribution in [0, 0.1) is 13.8 Å². The molecule has 0 aliphatic heterocycles. The Bertz CT molecular complexity index is 837. The average molecular weight is 351 g/mol. The fraction of sp³-hybridized carbons (Fsp3) is 0.350. The number of aromatic nitrogens is 4. The van der Waals surface area contributed by atoms with Gasteiger partial charge < -0.3 is 9.88 Å². The van der Waals surface area contributed by atoms with Crippen molar-refractivity contribution in [2.75, 3.05) is 0 Å². The van der Waals surface area contributed by atoms with Gasteiger partial charge in [-0.05, 0) is 31.9 Å². The molecule has 0 aliphatic carbocycles. The van der Waals surface area contributed by atoms with Gasteiger partial charge in [0.1, 0.15) is 5.82 Å². The molecule has 1 atom stereocenters. The van der Waals surface area contributed by atoms with Gasteiger partial charge >= 0.3 is 0 Å². The van der Waals surface area contributed by atoms with Crippen molar-refractivity contribution >= 4 is 5.91 Å². The Hall–Kier alpha value is -2.89. The maximum Gasteiger partial charge on any atom is 0.222 e. The molecule has 0 spiro atoms. The number of hydrogen-bond acceptors (Lipinski definition) is 3. The molecule has 0 saturated heterocycles. The predicted octanol–water partition coefficient (Wildman–Crippen LogP) is 3.03. The summed E-state index contributed by atoms with van der Waals surface area (Å²) in [6.07, 6.45) is 6.90. The highest BCUT2D eigenvalue weighted by molar-refractivity contribution is 5.76. The van der Waals surface area contributed by atoms with Crippen LogP contribution in [0.3, 0.4) is 0 Å². The molecule has 1 aromatic carbocycles. The Labute approximate surface area is 153 Å². The first kappa shape index (κ1) is 17.9. The monoisotopic (exact) mass is 351 g/mol. The lowest BCUT2D eigenvalue weighted by molar-refractivity contribution is -0.122. The van der Waals surface area contributed by atoms with Gasteiger partial charge in [0, 0.05) is 38.1 Å². The number of carbonyl (C=O) groups excluding carboxylic acids is 1. The van der Waals surface area contributed by atoms with Crippen molar-refractivity contribution in [2.24, 2.45) is 0 Å². The number of nitrogens with one attached hydrogen (secondary N) is 1. The Morgan fingerprint density at radius 2 is 1.92 bits per heavy atom. The smallest absolute Gasteiger partial charge is 0.222 e. The summed E-state index contributed by atoms with van der Waals surface area (Å²) in [7, 11) is 0. The molecule has 0 saturated carbocycles. The van der Waals surface area contributed by atoms with Crippen LogP contribution in [0.2, 0.25) is 0 Å². The summed E-state index contributed by atoms with van der Waals surface area (Å²) in [5, 5.41) is 7.50. The third-order valence-corrected chi connectivity index (χ3v) is 4.46. The highest BCUT2D eigenvalue weighted by atomic mass is 16.1. The minimum Gasteiger partial charge on any atom is -0.349 e. The second kappa shape index (κ2) is 8.47. The molecule has 0 bridgehead atoms. The summed E-state index contributed by atoms with van der Waals surface area (Å²) in [5.41, 5.74) is 2.08. The summed E-state index contributed by atoms with van der Waals surface area (Å²) in [4.78, 5) is 16.7. The topological polar surface area (TPSA) is 64.7 Å². The first-order chi connectivity index (χ1) is 12.6. The molecule has 0 fully saturated rings. The van der Waals surface area contributed by atoms with Crippen LogP contribution >= 0.6 is 0 Å². The molecular weight excluding hydrogens is 326 g/mol. The van der Waals surface area contributed by atoms with Crippen molar-refractivity contribution in [3.8, 4) is 0 Å². The summed E-state index contributed by atoms with van der Waals surface area (Å²) in [6, 6.07) is 12.0. The van der Waals surface area contributed by atoms with Crippen molar-refractivity contribution in [2.45, 2.75) is 45.8 Å². The van der Waals surface area contributed by atoms with Gasteiger partial charge in [-0.25, -0.2) is 4.98 Å². The van der Waals surface area contributed by atoms with Crippen LogP contribution in [0.4, 0.5) is 0 Å². The maximum absolute atomic E-state index is 12.5. The Balaban J connectivity index is 1.61. The normalized spacial score (nSPS) is 12.1. The highest BCUT2D eigenvalue weighted by Crippen LogP contribution is 2.18. The van der Waals surface area contributed by atoms with Gasteiger partial charge in [-0.2, -0.15) is 5.10 Å². The van der Waals surface area contributed by atoms with Gasteiger partial charge in [-0.15, -0.1) is 0 Å². The molecule has 136 valence electrons. The second-order valence-electron chi connectivity index (χ2n) is 6.46. The molecule has 0 unspecified atom stereocenters. The van der Waals surface area contributed by atoms with E-state index in [-0.39, 0.29) is 11.9 Å². The summed E-state index contributed by atoms with van der Waals surface area (Å²) in [5.74, 6) is 1.02. The Kier molecular flexibility index (Phi) is 5.84. The Morgan fingerprint density at radius 3 is 2.58 bits per heavy atom. The number of rotatable bonds is 8. The van der Waals surface area contributed by atoms with E-state index in [0.29, 0.717) is 13.0 Å². The summed E-state index contributed by atoms with van der Waals surface area (Å²) in [6.45, 7) is 5.33. The standard InChI is InChI=1S/C20H25N5O/c1-16-8-13-25(23-16)14-10-20(26)22-19(18-6-4-3-5-7-18)9-12-24-15-11-21-17(24)2/h3-8,11,13,15,19H,9-10,12,14H2,1-2H3,(H,22,26)/t19-/m1/s1. The second-order valence-corrected chi connectivity index (χ2v) is 6.46. The van der Waals surface area contributed by atoms with Gasteiger partial charge in [0.15, 0.2) is 0 Å². The van der Waals surface area contributed by atoms with E-state index < -0.39 is 0 Å². The SMILES string of the molecule is Cc1ccn(CCC(=O)N[C@H](CCn2ccnc2C)c2ccccc2)n1. The van der Waals surface area contributed by atoms with E-state index in [1.165, 1.54) is 0 Å². The maximum atomic E-state index is 12.5. The van der Waals surface area contributed by atoms with Crippen LogP contribution in [0.5, 0.6) is 0 Å². The summed E-state index contributed by atoms with van der Waals surface area (Å²) >= 11 is 0. The lowest BCUT2D eigenvalue weighted by atomic mass is 10.0. The van der Waals surface area contributed by atoms with Gasteiger partial charge in [0.05, 0.1) is 11.7 Å². The molecule has 2 aromatic heterocycles. The number of hydrogen-bond donors (Lipinski definition) is 1. The molecule has 1 N–H and O–H groups in total. The van der Waals surface area contributed by atoms with E-state index in [2.05, 4.69) is 32.1 Å². The number of imidazole rings is 1. The van der Waals surface area contributed by atoms with Crippen LogP contribution in [0.15, 0.2) is 55.0 Å². The molecule has 26 heavy (non-hydrogen) atoms. The fourth-order valence-electron chi connectivity index (χ4n) is 2.99. The third kappa shape index (κ3) is 4.81. The van der Waals surface area contributed by atoms with Gasteiger partial charge in [-0.1, -0.05) is 30.3 Å².